The summed E-state index contributed by atoms with van der Waals surface area (Å²) in [7, 11) is 1.30. The van der Waals surface area contributed by atoms with Gasteiger partial charge in [0.05, 0.1) is 41.3 Å². The molecule has 16 heteroatoms. The number of imidazole rings is 2. The third-order valence-corrected chi connectivity index (χ3v) is 13.2. The Hall–Kier alpha value is -6.16. The largest absolute Gasteiger partial charge is 0.453 e. The van der Waals surface area contributed by atoms with Crippen molar-refractivity contribution in [2.24, 2.45) is 11.8 Å². The summed E-state index contributed by atoms with van der Waals surface area (Å²) < 4.78 is 4.79. The Labute approximate surface area is 360 Å². The molecule has 62 heavy (non-hydrogen) atoms. The number of ether oxygens (including phenoxy) is 1. The number of aromatic amines is 2. The fourth-order valence-electron chi connectivity index (χ4n) is 9.84. The molecule has 6 heterocycles. The van der Waals surface area contributed by atoms with Crippen molar-refractivity contribution >= 4 is 57.3 Å². The summed E-state index contributed by atoms with van der Waals surface area (Å²) in [6, 6.07) is 15.6. The lowest BCUT2D eigenvalue weighted by Gasteiger charge is -2.30. The summed E-state index contributed by atoms with van der Waals surface area (Å²) in [4.78, 5) is 76.8. The minimum Gasteiger partial charge on any atom is -0.453 e. The van der Waals surface area contributed by atoms with E-state index in [4.69, 9.17) is 14.7 Å². The highest BCUT2D eigenvalue weighted by Crippen LogP contribution is 2.39. The Bertz CT molecular complexity index is 2340. The van der Waals surface area contributed by atoms with Crippen LogP contribution in [0.15, 0.2) is 48.5 Å². The predicted octanol–water partition coefficient (Wildman–Crippen LogP) is 5.32. The number of methoxy groups -OCH3 is 1. The minimum absolute atomic E-state index is 0.102. The van der Waals surface area contributed by atoms with Crippen molar-refractivity contribution in [2.45, 2.75) is 104 Å². The summed E-state index contributed by atoms with van der Waals surface area (Å²) in [6.07, 6.45) is 2.66. The average molecular weight is 845 g/mol. The van der Waals surface area contributed by atoms with Gasteiger partial charge in [0.25, 0.3) is 0 Å². The Kier molecular flexibility index (Phi) is 11.0. The number of rotatable bonds is 11. The number of nitrogens with zero attached hydrogens (tertiary/aromatic N) is 6. The highest BCUT2D eigenvalue weighted by atomic mass is 16.5. The lowest BCUT2D eigenvalue weighted by atomic mass is 10.0. The molecule has 0 aliphatic carbocycles. The van der Waals surface area contributed by atoms with E-state index >= 15 is 0 Å². The van der Waals surface area contributed by atoms with Crippen molar-refractivity contribution in [3.05, 3.63) is 82.4 Å². The average Bonchev–Trinajstić information content (AvgIpc) is 4.12. The molecule has 2 saturated heterocycles. The van der Waals surface area contributed by atoms with Gasteiger partial charge in [-0.3, -0.25) is 14.4 Å². The van der Waals surface area contributed by atoms with Gasteiger partial charge < -0.3 is 50.0 Å². The number of hydrogen-bond donors (Lipinski definition) is 5. The molecule has 0 spiro atoms. The van der Waals surface area contributed by atoms with Crippen LogP contribution in [0.1, 0.15) is 99.4 Å². The minimum atomic E-state index is -0.717. The quantitative estimate of drug-likeness (QED) is 0.116. The van der Waals surface area contributed by atoms with Crippen LogP contribution >= 0.6 is 0 Å². The van der Waals surface area contributed by atoms with E-state index in [-0.39, 0.29) is 35.7 Å². The SMILES string of the molecule is COC(=O)N[C@@H](C(=O)N1CCCC1c1nc2ccc(N3Cc4cc5c(cc4C3)CN(c3ccc4nc(C6CCCN6C(=O)C(NC(=O)CO)C(C)C)[nH]c4c3)C5)cc2[nH]1)C(C)C. The lowest BCUT2D eigenvalue weighted by molar-refractivity contribution is -0.139. The molecule has 0 saturated carbocycles. The summed E-state index contributed by atoms with van der Waals surface area (Å²) in [5.41, 5.74) is 11.1. The molecule has 0 radical (unpaired) electrons. The van der Waals surface area contributed by atoms with Crippen molar-refractivity contribution in [1.29, 1.82) is 0 Å². The summed E-state index contributed by atoms with van der Waals surface area (Å²) in [6.45, 7) is 11.4. The molecule has 4 amide bonds. The highest BCUT2D eigenvalue weighted by molar-refractivity contribution is 5.89. The fourth-order valence-corrected chi connectivity index (χ4v) is 9.84. The van der Waals surface area contributed by atoms with Crippen molar-refractivity contribution in [3.63, 3.8) is 0 Å². The van der Waals surface area contributed by atoms with E-state index in [9.17, 15) is 24.3 Å². The third-order valence-electron chi connectivity index (χ3n) is 13.2. The van der Waals surface area contributed by atoms with Crippen molar-refractivity contribution < 1.29 is 29.0 Å². The molecule has 3 unspecified atom stereocenters. The lowest BCUT2D eigenvalue weighted by Crippen LogP contribution is -2.51. The summed E-state index contributed by atoms with van der Waals surface area (Å²) in [5.74, 6) is 0.437. The van der Waals surface area contributed by atoms with Crippen LogP contribution in [0.25, 0.3) is 22.1 Å². The number of aliphatic hydroxyl groups excluding tert-OH is 1. The monoisotopic (exact) mass is 844 g/mol. The molecule has 5 aromatic rings. The van der Waals surface area contributed by atoms with E-state index < -0.39 is 30.7 Å². The molecular formula is C46H56N10O6. The second-order valence-corrected chi connectivity index (χ2v) is 17.9. The van der Waals surface area contributed by atoms with E-state index in [1.54, 1.807) is 0 Å². The predicted molar refractivity (Wildman–Crippen MR) is 234 cm³/mol. The first kappa shape index (κ1) is 41.2. The zero-order valence-corrected chi connectivity index (χ0v) is 36.0. The maximum atomic E-state index is 13.7. The van der Waals surface area contributed by atoms with E-state index in [2.05, 4.69) is 72.9 Å². The second-order valence-electron chi connectivity index (χ2n) is 17.9. The van der Waals surface area contributed by atoms with Gasteiger partial charge in [-0.1, -0.05) is 39.8 Å². The molecule has 4 aliphatic rings. The van der Waals surface area contributed by atoms with Gasteiger partial charge >= 0.3 is 6.09 Å². The maximum absolute atomic E-state index is 13.7. The second kappa shape index (κ2) is 16.6. The van der Waals surface area contributed by atoms with Crippen LogP contribution in [0.4, 0.5) is 16.2 Å². The smallest absolute Gasteiger partial charge is 0.407 e. The number of alkyl carbamates (subject to hydrolysis) is 1. The van der Waals surface area contributed by atoms with Gasteiger partial charge in [0, 0.05) is 50.6 Å². The molecule has 2 aromatic heterocycles. The number of benzene rings is 3. The Morgan fingerprint density at radius 2 is 1.13 bits per heavy atom. The zero-order chi connectivity index (χ0) is 43.4. The van der Waals surface area contributed by atoms with E-state index in [1.807, 2.05) is 43.6 Å². The Balaban J connectivity index is 0.861. The molecule has 4 aliphatic heterocycles. The van der Waals surface area contributed by atoms with Crippen LogP contribution in [-0.4, -0.2) is 97.5 Å². The van der Waals surface area contributed by atoms with Gasteiger partial charge in [-0.05, 0) is 96.2 Å². The first-order chi connectivity index (χ1) is 29.9. The topological polar surface area (TPSA) is 192 Å². The first-order valence-electron chi connectivity index (χ1n) is 21.9. The number of hydrogen-bond acceptors (Lipinski definition) is 10. The number of amides is 4. The van der Waals surface area contributed by atoms with Gasteiger partial charge in [-0.15, -0.1) is 0 Å². The van der Waals surface area contributed by atoms with Crippen LogP contribution in [0.3, 0.4) is 0 Å². The molecule has 2 fully saturated rings. The molecule has 16 nitrogen and oxygen atoms in total. The van der Waals surface area contributed by atoms with Gasteiger partial charge in [0.1, 0.15) is 30.3 Å². The van der Waals surface area contributed by atoms with E-state index in [0.717, 1.165) is 97.0 Å². The van der Waals surface area contributed by atoms with Crippen LogP contribution in [0.2, 0.25) is 0 Å². The Morgan fingerprint density at radius 1 is 0.694 bits per heavy atom. The van der Waals surface area contributed by atoms with Crippen LogP contribution in [0.5, 0.6) is 0 Å². The normalized spacial score (nSPS) is 19.5. The van der Waals surface area contributed by atoms with Gasteiger partial charge in [0.2, 0.25) is 17.7 Å². The molecule has 4 atom stereocenters. The van der Waals surface area contributed by atoms with Crippen molar-refractivity contribution in [2.75, 3.05) is 36.6 Å². The van der Waals surface area contributed by atoms with Gasteiger partial charge in [0.15, 0.2) is 0 Å². The molecule has 3 aromatic carbocycles. The maximum Gasteiger partial charge on any atom is 0.407 e. The first-order valence-corrected chi connectivity index (χ1v) is 21.9. The molecule has 5 N–H and O–H groups in total. The van der Waals surface area contributed by atoms with Crippen molar-refractivity contribution in [3.8, 4) is 0 Å². The molecular weight excluding hydrogens is 789 g/mol. The highest BCUT2D eigenvalue weighted by Gasteiger charge is 2.39. The van der Waals surface area contributed by atoms with Crippen LogP contribution in [0, 0.1) is 11.8 Å². The molecule has 326 valence electrons. The van der Waals surface area contributed by atoms with Crippen LogP contribution in [-0.2, 0) is 45.3 Å². The Morgan fingerprint density at radius 3 is 1.53 bits per heavy atom. The molecule has 0 bridgehead atoms. The number of carbonyl (C=O) groups excluding carboxylic acids is 4. The van der Waals surface area contributed by atoms with E-state index in [0.29, 0.717) is 13.1 Å². The summed E-state index contributed by atoms with van der Waals surface area (Å²) in [5, 5.41) is 14.7. The standard InChI is InChI=1S/C46H56N10O6/c1-25(2)40(51-39(58)24-57)44(59)55-14-6-8-37(55)42-47-33-12-10-31(18-35(33)49-42)53-20-27-16-29-22-54(23-30(29)17-28(27)21-53)32-11-13-34-36(19-32)50-43(48-34)38-9-7-15-56(38)45(60)41(26(3)4)52-46(61)62-5/h10-13,16-19,25-26,37-38,40-41,57H,6-9,14-15,20-24H2,1-5H3,(H,47,49)(H,48,50)(H,51,58)(H,52,61)/t37?,38?,40?,41-/m1/s1. The van der Waals surface area contributed by atoms with E-state index in [1.165, 1.54) is 29.4 Å². The number of fused-ring (bicyclic) bond motifs is 4. The van der Waals surface area contributed by atoms with Gasteiger partial charge in [-0.25, -0.2) is 14.8 Å². The van der Waals surface area contributed by atoms with Crippen LogP contribution < -0.4 is 20.4 Å². The molecule has 9 rings (SSSR count). The number of H-pyrrole nitrogens is 2. The number of carbonyl (C=O) groups is 4. The zero-order valence-electron chi connectivity index (χ0n) is 36.0. The summed E-state index contributed by atoms with van der Waals surface area (Å²) >= 11 is 0. The number of likely N-dealkylation sites (tertiary alicyclic amines) is 2. The number of aliphatic hydroxyl groups is 1. The number of anilines is 2. The van der Waals surface area contributed by atoms with Crippen molar-refractivity contribution in [1.82, 2.24) is 40.4 Å². The third kappa shape index (κ3) is 7.69. The number of nitrogens with one attached hydrogen (secondary N) is 4. The fraction of sp³-hybridized carbons (Fsp3) is 0.478. The number of aromatic nitrogens is 4. The van der Waals surface area contributed by atoms with Gasteiger partial charge in [-0.2, -0.15) is 0 Å².